The summed E-state index contributed by atoms with van der Waals surface area (Å²) < 4.78 is 2.89. The number of rotatable bonds is 7. The van der Waals surface area contributed by atoms with Crippen molar-refractivity contribution in [2.24, 2.45) is 0 Å². The van der Waals surface area contributed by atoms with Gasteiger partial charge in [0.15, 0.2) is 4.77 Å². The van der Waals surface area contributed by atoms with Gasteiger partial charge in [0.05, 0.1) is 0 Å². The highest BCUT2D eigenvalue weighted by atomic mass is 32.1. The summed E-state index contributed by atoms with van der Waals surface area (Å²) in [5.41, 5.74) is 0.0155. The number of aryl methyl sites for hydroxylation is 1. The van der Waals surface area contributed by atoms with Gasteiger partial charge in [-0.25, -0.2) is 0 Å². The molecule has 0 unspecified atom stereocenters. The van der Waals surface area contributed by atoms with E-state index in [9.17, 15) is 0 Å². The Morgan fingerprint density at radius 3 is 2.33 bits per heavy atom. The van der Waals surface area contributed by atoms with Crippen LogP contribution in [0.3, 0.4) is 0 Å². The maximum atomic E-state index is 5.30. The highest BCUT2D eigenvalue weighted by molar-refractivity contribution is 7.71. The second-order valence-electron chi connectivity index (χ2n) is 5.97. The summed E-state index contributed by atoms with van der Waals surface area (Å²) in [5.74, 6) is 1.10. The van der Waals surface area contributed by atoms with Gasteiger partial charge in [0.25, 0.3) is 0 Å². The average molecular weight is 269 g/mol. The molecule has 0 radical (unpaired) electrons. The van der Waals surface area contributed by atoms with Gasteiger partial charge >= 0.3 is 0 Å². The largest absolute Gasteiger partial charge is 0.299 e. The highest BCUT2D eigenvalue weighted by Crippen LogP contribution is 2.18. The van der Waals surface area contributed by atoms with Crippen molar-refractivity contribution < 1.29 is 0 Å². The fourth-order valence-corrected chi connectivity index (χ4v) is 2.68. The first-order valence-electron chi connectivity index (χ1n) is 7.13. The van der Waals surface area contributed by atoms with E-state index in [0.29, 0.717) is 0 Å². The number of hydrogen-bond donors (Lipinski definition) is 1. The Morgan fingerprint density at radius 2 is 1.72 bits per heavy atom. The summed E-state index contributed by atoms with van der Waals surface area (Å²) in [6.45, 7) is 8.76. The van der Waals surface area contributed by atoms with Gasteiger partial charge in [0.1, 0.15) is 5.82 Å². The summed E-state index contributed by atoms with van der Waals surface area (Å²) in [5, 5.41) is 7.28. The Bertz CT molecular complexity index is 398. The van der Waals surface area contributed by atoms with Crippen molar-refractivity contribution >= 4 is 12.2 Å². The van der Waals surface area contributed by atoms with Gasteiger partial charge in [0, 0.05) is 12.0 Å². The van der Waals surface area contributed by atoms with Crippen LogP contribution in [-0.4, -0.2) is 14.8 Å². The van der Waals surface area contributed by atoms with Crippen LogP contribution in [0.1, 0.15) is 72.0 Å². The molecule has 104 valence electrons. The zero-order valence-corrected chi connectivity index (χ0v) is 13.1. The number of unbranched alkanes of at least 4 members (excludes halogenated alkanes) is 5. The summed E-state index contributed by atoms with van der Waals surface area (Å²) in [6.07, 6.45) is 8.90. The predicted molar refractivity (Wildman–Crippen MR) is 79.5 cm³/mol. The average Bonchev–Trinajstić information content (AvgIpc) is 2.64. The zero-order valence-electron chi connectivity index (χ0n) is 12.3. The SMILES string of the molecule is CCCCCCCCc1n[nH]c(=S)n1C(C)(C)C. The molecule has 0 atom stereocenters. The van der Waals surface area contributed by atoms with E-state index in [1.807, 2.05) is 0 Å². The molecular formula is C14H27N3S. The Hall–Kier alpha value is -0.640. The van der Waals surface area contributed by atoms with Gasteiger partial charge in [-0.15, -0.1) is 0 Å². The number of aromatic amines is 1. The van der Waals surface area contributed by atoms with Crippen molar-refractivity contribution in [3.8, 4) is 0 Å². The third-order valence-corrected chi connectivity index (χ3v) is 3.44. The molecule has 0 aliphatic rings. The van der Waals surface area contributed by atoms with E-state index in [4.69, 9.17) is 12.2 Å². The summed E-state index contributed by atoms with van der Waals surface area (Å²) in [7, 11) is 0. The highest BCUT2D eigenvalue weighted by Gasteiger charge is 2.18. The van der Waals surface area contributed by atoms with Gasteiger partial charge in [-0.3, -0.25) is 9.67 Å². The molecule has 0 aliphatic heterocycles. The standard InChI is InChI=1S/C14H27N3S/c1-5-6-7-8-9-10-11-12-15-16-13(18)17(12)14(2,3)4/h5-11H2,1-4H3,(H,16,18). The third-order valence-electron chi connectivity index (χ3n) is 3.17. The van der Waals surface area contributed by atoms with Crippen molar-refractivity contribution in [3.05, 3.63) is 10.6 Å². The van der Waals surface area contributed by atoms with Crippen molar-refractivity contribution in [3.63, 3.8) is 0 Å². The van der Waals surface area contributed by atoms with Crippen molar-refractivity contribution in [1.82, 2.24) is 14.8 Å². The summed E-state index contributed by atoms with van der Waals surface area (Å²) >= 11 is 5.30. The van der Waals surface area contributed by atoms with E-state index in [1.165, 1.54) is 38.5 Å². The van der Waals surface area contributed by atoms with E-state index in [1.54, 1.807) is 0 Å². The van der Waals surface area contributed by atoms with Crippen LogP contribution in [0.25, 0.3) is 0 Å². The molecule has 1 N–H and O–H groups in total. The number of hydrogen-bond acceptors (Lipinski definition) is 2. The predicted octanol–water partition coefficient (Wildman–Crippen LogP) is 4.60. The Balaban J connectivity index is 2.46. The first-order valence-corrected chi connectivity index (χ1v) is 7.54. The molecule has 18 heavy (non-hydrogen) atoms. The Labute approximate surface area is 116 Å². The first-order chi connectivity index (χ1) is 8.46. The molecule has 0 amide bonds. The van der Waals surface area contributed by atoms with Crippen LogP contribution >= 0.6 is 12.2 Å². The van der Waals surface area contributed by atoms with Crippen LogP contribution in [-0.2, 0) is 12.0 Å². The van der Waals surface area contributed by atoms with Gasteiger partial charge < -0.3 is 0 Å². The van der Waals surface area contributed by atoms with E-state index in [0.717, 1.165) is 17.0 Å². The lowest BCUT2D eigenvalue weighted by Crippen LogP contribution is -2.24. The van der Waals surface area contributed by atoms with Crippen LogP contribution in [0, 0.1) is 4.77 Å². The lowest BCUT2D eigenvalue weighted by Gasteiger charge is -2.22. The Morgan fingerprint density at radius 1 is 1.11 bits per heavy atom. The molecule has 0 bridgehead atoms. The lowest BCUT2D eigenvalue weighted by atomic mass is 10.1. The number of nitrogens with one attached hydrogen (secondary N) is 1. The van der Waals surface area contributed by atoms with E-state index >= 15 is 0 Å². The van der Waals surface area contributed by atoms with E-state index in [-0.39, 0.29) is 5.54 Å². The second-order valence-corrected chi connectivity index (χ2v) is 6.36. The molecule has 1 rings (SSSR count). The number of H-pyrrole nitrogens is 1. The van der Waals surface area contributed by atoms with Crippen LogP contribution < -0.4 is 0 Å². The van der Waals surface area contributed by atoms with Gasteiger partial charge in [0.2, 0.25) is 0 Å². The van der Waals surface area contributed by atoms with E-state index < -0.39 is 0 Å². The molecule has 1 aromatic heterocycles. The maximum Gasteiger partial charge on any atom is 0.195 e. The van der Waals surface area contributed by atoms with Crippen molar-refractivity contribution in [2.45, 2.75) is 78.2 Å². The van der Waals surface area contributed by atoms with Crippen LogP contribution in [0.4, 0.5) is 0 Å². The molecule has 0 saturated heterocycles. The molecule has 0 aliphatic carbocycles. The van der Waals surface area contributed by atoms with Gasteiger partial charge in [-0.05, 0) is 39.4 Å². The Kier molecular flexibility index (Phi) is 6.06. The molecule has 0 spiro atoms. The van der Waals surface area contributed by atoms with Crippen molar-refractivity contribution in [2.75, 3.05) is 0 Å². The third kappa shape index (κ3) is 4.56. The number of aromatic nitrogens is 3. The van der Waals surface area contributed by atoms with Crippen LogP contribution in [0.15, 0.2) is 0 Å². The van der Waals surface area contributed by atoms with Gasteiger partial charge in [-0.1, -0.05) is 39.0 Å². The molecule has 0 saturated carbocycles. The topological polar surface area (TPSA) is 33.6 Å². The zero-order chi connectivity index (χ0) is 13.6. The van der Waals surface area contributed by atoms with Crippen LogP contribution in [0.2, 0.25) is 0 Å². The minimum absolute atomic E-state index is 0.0155. The molecule has 1 aromatic rings. The molecule has 0 aromatic carbocycles. The molecule has 0 fully saturated rings. The van der Waals surface area contributed by atoms with E-state index in [2.05, 4.69) is 42.5 Å². The minimum atomic E-state index is 0.0155. The monoisotopic (exact) mass is 269 g/mol. The lowest BCUT2D eigenvalue weighted by molar-refractivity contribution is 0.375. The molecule has 4 heteroatoms. The van der Waals surface area contributed by atoms with Gasteiger partial charge in [-0.2, -0.15) is 5.10 Å². The second kappa shape index (κ2) is 7.07. The van der Waals surface area contributed by atoms with Crippen LogP contribution in [0.5, 0.6) is 0 Å². The normalized spacial score (nSPS) is 12.0. The smallest absolute Gasteiger partial charge is 0.195 e. The molecule has 3 nitrogen and oxygen atoms in total. The number of nitrogens with zero attached hydrogens (tertiary/aromatic N) is 2. The minimum Gasteiger partial charge on any atom is -0.299 e. The fourth-order valence-electron chi connectivity index (χ4n) is 2.25. The maximum absolute atomic E-state index is 5.30. The summed E-state index contributed by atoms with van der Waals surface area (Å²) in [6, 6.07) is 0. The molecular weight excluding hydrogens is 242 g/mol. The van der Waals surface area contributed by atoms with Crippen molar-refractivity contribution in [1.29, 1.82) is 0 Å². The molecule has 1 heterocycles. The fraction of sp³-hybridized carbons (Fsp3) is 0.857. The quantitative estimate of drug-likeness (QED) is 0.580. The summed E-state index contributed by atoms with van der Waals surface area (Å²) in [4.78, 5) is 0. The first kappa shape index (κ1) is 15.4.